The largest absolute Gasteiger partial charge is 0.294 e. The van der Waals surface area contributed by atoms with Crippen molar-refractivity contribution >= 4 is 71.6 Å². The van der Waals surface area contributed by atoms with Crippen molar-refractivity contribution in [1.82, 2.24) is 0 Å². The third kappa shape index (κ3) is 8.19. The molecule has 0 amide bonds. The summed E-state index contributed by atoms with van der Waals surface area (Å²) >= 11 is 0. The first-order valence-corrected chi connectivity index (χ1v) is 8.14. The molecule has 109 valence electrons. The molecule has 2 rings (SSSR count). The van der Waals surface area contributed by atoms with Gasteiger partial charge in [-0.25, -0.2) is 0 Å². The molecule has 0 saturated heterocycles. The maximum absolute atomic E-state index is 10.4. The van der Waals surface area contributed by atoms with Crippen molar-refractivity contribution in [2.24, 2.45) is 0 Å². The molecule has 0 aliphatic carbocycles. The zero-order valence-electron chi connectivity index (χ0n) is 11.1. The van der Waals surface area contributed by atoms with Gasteiger partial charge in [0.1, 0.15) is 0 Å². The van der Waals surface area contributed by atoms with Crippen molar-refractivity contribution in [2.75, 3.05) is 0 Å². The van der Waals surface area contributed by atoms with Gasteiger partial charge in [0.15, 0.2) is 0 Å². The van der Waals surface area contributed by atoms with Crippen molar-refractivity contribution in [3.05, 3.63) is 60.7 Å². The first-order valence-electron chi connectivity index (χ1n) is 5.26. The van der Waals surface area contributed by atoms with E-state index in [4.69, 9.17) is 9.11 Å². The number of benzene rings is 2. The van der Waals surface area contributed by atoms with Crippen LogP contribution in [0.3, 0.4) is 0 Å². The van der Waals surface area contributed by atoms with E-state index in [0.29, 0.717) is 0 Å². The van der Waals surface area contributed by atoms with Crippen LogP contribution in [0.15, 0.2) is 70.5 Å². The Kier molecular flexibility index (Phi) is 9.08. The van der Waals surface area contributed by atoms with E-state index >= 15 is 0 Å². The van der Waals surface area contributed by atoms with Crippen LogP contribution >= 0.6 is 0 Å². The zero-order valence-corrected chi connectivity index (χ0v) is 15.9. The molecule has 9 heteroatoms. The topological polar surface area (TPSA) is 109 Å². The van der Waals surface area contributed by atoms with Crippen molar-refractivity contribution in [3.8, 4) is 0 Å². The van der Waals surface area contributed by atoms with Crippen molar-refractivity contribution in [2.45, 2.75) is 9.79 Å². The number of hydrogen-bond acceptors (Lipinski definition) is 4. The first kappa shape index (κ1) is 20.9. The monoisotopic (exact) mass is 355 g/mol. The van der Waals surface area contributed by atoms with Gasteiger partial charge < -0.3 is 0 Å². The van der Waals surface area contributed by atoms with Crippen LogP contribution in [0.4, 0.5) is 0 Å². The molecule has 2 aromatic rings. The van der Waals surface area contributed by atoms with E-state index in [2.05, 4.69) is 0 Å². The van der Waals surface area contributed by atoms with Crippen LogP contribution in [0.25, 0.3) is 0 Å². The van der Waals surface area contributed by atoms with Crippen LogP contribution in [0, 0.1) is 0 Å². The summed E-state index contributed by atoms with van der Waals surface area (Å²) < 4.78 is 58.5. The van der Waals surface area contributed by atoms with E-state index in [9.17, 15) is 16.8 Å². The van der Waals surface area contributed by atoms with Crippen LogP contribution in [-0.2, 0) is 20.2 Å². The van der Waals surface area contributed by atoms with E-state index in [1.807, 2.05) is 0 Å². The standard InChI is InChI=1S/2C6H6O3S.K/c2*7-10(8,9)6-4-2-1-3-5-6;/h2*1-5H,(H,7,8,9);. The number of rotatable bonds is 2. The molecule has 2 N–H and O–H groups in total. The Morgan fingerprint density at radius 3 is 0.952 bits per heavy atom. The van der Waals surface area contributed by atoms with Gasteiger partial charge >= 0.3 is 0 Å². The predicted molar refractivity (Wildman–Crippen MR) is 78.3 cm³/mol. The second-order valence-electron chi connectivity index (χ2n) is 3.58. The molecule has 0 heterocycles. The van der Waals surface area contributed by atoms with E-state index in [1.54, 1.807) is 36.4 Å². The van der Waals surface area contributed by atoms with E-state index in [1.165, 1.54) is 24.3 Å². The molecule has 2 aromatic carbocycles. The maximum atomic E-state index is 10.4. The summed E-state index contributed by atoms with van der Waals surface area (Å²) in [6, 6.07) is 14.8. The summed E-state index contributed by atoms with van der Waals surface area (Å²) in [6.07, 6.45) is 0. The quantitative estimate of drug-likeness (QED) is 0.624. The second kappa shape index (κ2) is 9.13. The fraction of sp³-hybridized carbons (Fsp3) is 0. The fourth-order valence-electron chi connectivity index (χ4n) is 1.18. The minimum Gasteiger partial charge on any atom is -0.282 e. The van der Waals surface area contributed by atoms with Gasteiger partial charge in [-0.2, -0.15) is 16.8 Å². The van der Waals surface area contributed by atoms with Crippen LogP contribution in [0.2, 0.25) is 0 Å². The average Bonchev–Trinajstić information content (AvgIpc) is 2.40. The minimum atomic E-state index is -4.00. The molecule has 0 aliphatic rings. The minimum absolute atomic E-state index is 0. The van der Waals surface area contributed by atoms with E-state index < -0.39 is 20.2 Å². The van der Waals surface area contributed by atoms with Crippen molar-refractivity contribution in [1.29, 1.82) is 0 Å². The van der Waals surface area contributed by atoms with Gasteiger partial charge in [-0.1, -0.05) is 36.4 Å². The van der Waals surface area contributed by atoms with Gasteiger partial charge in [0.25, 0.3) is 20.2 Å². The Labute approximate surface area is 166 Å². The summed E-state index contributed by atoms with van der Waals surface area (Å²) in [5, 5.41) is 0. The summed E-state index contributed by atoms with van der Waals surface area (Å²) in [7, 11) is -8.01. The zero-order chi connectivity index (χ0) is 15.2. The Bertz CT molecular complexity index is 675. The molecule has 0 bridgehead atoms. The van der Waals surface area contributed by atoms with Crippen LogP contribution in [0.5, 0.6) is 0 Å². The van der Waals surface area contributed by atoms with Gasteiger partial charge in [-0.3, -0.25) is 9.11 Å². The summed E-state index contributed by atoms with van der Waals surface area (Å²) in [6.45, 7) is 0. The molecule has 1 radical (unpaired) electrons. The van der Waals surface area contributed by atoms with Gasteiger partial charge in [-0.15, -0.1) is 0 Å². The van der Waals surface area contributed by atoms with Crippen LogP contribution in [0.1, 0.15) is 0 Å². The van der Waals surface area contributed by atoms with Gasteiger partial charge in [0.05, 0.1) is 9.79 Å². The van der Waals surface area contributed by atoms with Crippen molar-refractivity contribution < 1.29 is 25.9 Å². The first-order chi connectivity index (χ1) is 9.21. The van der Waals surface area contributed by atoms with E-state index in [-0.39, 0.29) is 61.2 Å². The van der Waals surface area contributed by atoms with Crippen LogP contribution < -0.4 is 0 Å². The molecule has 0 aliphatic heterocycles. The van der Waals surface area contributed by atoms with E-state index in [0.717, 1.165) is 0 Å². The normalized spacial score (nSPS) is 10.8. The average molecular weight is 355 g/mol. The smallest absolute Gasteiger partial charge is 0.282 e. The third-order valence-electron chi connectivity index (χ3n) is 2.08. The predicted octanol–water partition coefficient (Wildman–Crippen LogP) is 1.49. The Balaban J connectivity index is 0.000000364. The van der Waals surface area contributed by atoms with Gasteiger partial charge in [0.2, 0.25) is 0 Å². The molecule has 0 unspecified atom stereocenters. The molecule has 0 atom stereocenters. The van der Waals surface area contributed by atoms with Crippen LogP contribution in [-0.4, -0.2) is 77.3 Å². The Morgan fingerprint density at radius 2 is 0.810 bits per heavy atom. The molecule has 21 heavy (non-hydrogen) atoms. The molecular weight excluding hydrogens is 343 g/mol. The summed E-state index contributed by atoms with van der Waals surface area (Å²) in [4.78, 5) is -0.148. The molecular formula is C12H12KO6S2. The second-order valence-corrected chi connectivity index (χ2v) is 6.42. The SMILES string of the molecule is O=S(=O)(O)c1ccccc1.O=S(=O)(O)c1ccccc1.[K]. The fourth-order valence-corrected chi connectivity index (χ4v) is 2.19. The summed E-state index contributed by atoms with van der Waals surface area (Å²) in [5.41, 5.74) is 0. The third-order valence-corrected chi connectivity index (χ3v) is 3.82. The Hall–Kier alpha value is -0.104. The number of hydrogen-bond donors (Lipinski definition) is 2. The maximum Gasteiger partial charge on any atom is 0.294 e. The summed E-state index contributed by atoms with van der Waals surface area (Å²) in [5.74, 6) is 0. The molecule has 6 nitrogen and oxygen atoms in total. The Morgan fingerprint density at radius 1 is 0.571 bits per heavy atom. The molecule has 0 spiro atoms. The van der Waals surface area contributed by atoms with Gasteiger partial charge in [-0.05, 0) is 24.3 Å². The molecule has 0 aromatic heterocycles. The molecule has 0 saturated carbocycles. The van der Waals surface area contributed by atoms with Crippen molar-refractivity contribution in [3.63, 3.8) is 0 Å². The van der Waals surface area contributed by atoms with Gasteiger partial charge in [0, 0.05) is 51.4 Å². The molecule has 0 fully saturated rings.